The average molecular weight is 315 g/mol. The fourth-order valence-electron chi connectivity index (χ4n) is 3.94. The largest absolute Gasteiger partial charge is 0.449 e. The SMILES string of the molecule is O=C1C=C2C=C[C@@H]3C[C@@]2(O1)[C@@H]1CCCCN31.O=S(=O)(O)O. The lowest BCUT2D eigenvalue weighted by Crippen LogP contribution is -2.48. The van der Waals surface area contributed by atoms with E-state index in [1.54, 1.807) is 6.08 Å². The molecule has 3 aliphatic heterocycles. The Morgan fingerprint density at radius 1 is 1.33 bits per heavy atom. The number of hydrogen-bond acceptors (Lipinski definition) is 5. The van der Waals surface area contributed by atoms with Gasteiger partial charge in [-0.15, -0.1) is 0 Å². The zero-order valence-electron chi connectivity index (χ0n) is 11.3. The van der Waals surface area contributed by atoms with E-state index in [1.165, 1.54) is 19.3 Å². The molecule has 0 amide bonds. The van der Waals surface area contributed by atoms with Gasteiger partial charge < -0.3 is 4.74 Å². The van der Waals surface area contributed by atoms with Crippen molar-refractivity contribution in [2.45, 2.75) is 43.4 Å². The molecule has 21 heavy (non-hydrogen) atoms. The monoisotopic (exact) mass is 315 g/mol. The van der Waals surface area contributed by atoms with Crippen LogP contribution in [0.1, 0.15) is 25.7 Å². The van der Waals surface area contributed by atoms with Gasteiger partial charge in [-0.1, -0.05) is 18.6 Å². The highest BCUT2D eigenvalue weighted by molar-refractivity contribution is 7.79. The van der Waals surface area contributed by atoms with Gasteiger partial charge in [-0.25, -0.2) is 4.79 Å². The zero-order valence-corrected chi connectivity index (χ0v) is 12.1. The lowest BCUT2D eigenvalue weighted by Gasteiger charge is -2.37. The third kappa shape index (κ3) is 2.64. The molecule has 2 bridgehead atoms. The Labute approximate surface area is 122 Å². The number of piperidine rings is 1. The van der Waals surface area contributed by atoms with Crippen molar-refractivity contribution in [2.24, 2.45) is 0 Å². The topological polar surface area (TPSA) is 104 Å². The summed E-state index contributed by atoms with van der Waals surface area (Å²) in [4.78, 5) is 14.1. The Morgan fingerprint density at radius 3 is 2.76 bits per heavy atom. The predicted octanol–water partition coefficient (Wildman–Crippen LogP) is 0.752. The van der Waals surface area contributed by atoms with E-state index in [4.69, 9.17) is 22.3 Å². The summed E-state index contributed by atoms with van der Waals surface area (Å²) in [7, 11) is -4.67. The Kier molecular flexibility index (Phi) is 3.44. The molecule has 3 atom stereocenters. The minimum Gasteiger partial charge on any atom is -0.449 e. The lowest BCUT2D eigenvalue weighted by molar-refractivity contribution is -0.148. The van der Waals surface area contributed by atoms with E-state index in [0.717, 1.165) is 18.5 Å². The van der Waals surface area contributed by atoms with E-state index in [2.05, 4.69) is 17.1 Å². The highest BCUT2D eigenvalue weighted by Gasteiger charge is 2.59. The molecule has 116 valence electrons. The lowest BCUT2D eigenvalue weighted by atomic mass is 9.80. The molecule has 7 nitrogen and oxygen atoms in total. The molecule has 0 aromatic carbocycles. The second kappa shape index (κ2) is 4.91. The van der Waals surface area contributed by atoms with Gasteiger partial charge >= 0.3 is 16.4 Å². The molecule has 1 aliphatic carbocycles. The van der Waals surface area contributed by atoms with Crippen LogP contribution in [0.4, 0.5) is 0 Å². The van der Waals surface area contributed by atoms with E-state index >= 15 is 0 Å². The maximum atomic E-state index is 11.5. The summed E-state index contributed by atoms with van der Waals surface area (Å²) in [5.74, 6) is -0.146. The molecule has 1 spiro atoms. The Balaban J connectivity index is 0.000000233. The van der Waals surface area contributed by atoms with Crippen LogP contribution in [0, 0.1) is 0 Å². The van der Waals surface area contributed by atoms with E-state index in [1.807, 2.05) is 0 Å². The maximum Gasteiger partial charge on any atom is 0.394 e. The number of hydrogen-bond donors (Lipinski definition) is 2. The average Bonchev–Trinajstić information content (AvgIpc) is 2.84. The van der Waals surface area contributed by atoms with Crippen molar-refractivity contribution >= 4 is 16.4 Å². The first-order valence-corrected chi connectivity index (χ1v) is 8.28. The highest BCUT2D eigenvalue weighted by atomic mass is 32.3. The Bertz CT molecular complexity index is 617. The molecule has 4 aliphatic rings. The first-order valence-electron chi connectivity index (χ1n) is 6.88. The quantitative estimate of drug-likeness (QED) is 0.502. The van der Waals surface area contributed by atoms with Crippen molar-refractivity contribution in [1.82, 2.24) is 4.90 Å². The van der Waals surface area contributed by atoms with Gasteiger partial charge in [-0.3, -0.25) is 14.0 Å². The number of fused-ring (bicyclic) bond motifs is 3. The summed E-state index contributed by atoms with van der Waals surface area (Å²) >= 11 is 0. The highest BCUT2D eigenvalue weighted by Crippen LogP contribution is 2.51. The minimum absolute atomic E-state index is 0.146. The van der Waals surface area contributed by atoms with Crippen LogP contribution in [0.3, 0.4) is 0 Å². The molecule has 3 heterocycles. The number of carbonyl (C=O) groups is 1. The molecular formula is C13H17NO6S. The fraction of sp³-hybridized carbons (Fsp3) is 0.615. The normalized spacial score (nSPS) is 37.0. The van der Waals surface area contributed by atoms with Crippen molar-refractivity contribution in [2.75, 3.05) is 6.54 Å². The molecular weight excluding hydrogens is 298 g/mol. The number of nitrogens with zero attached hydrogens (tertiary/aromatic N) is 1. The van der Waals surface area contributed by atoms with Crippen molar-refractivity contribution < 1.29 is 27.1 Å². The summed E-state index contributed by atoms with van der Waals surface area (Å²) < 4.78 is 37.3. The summed E-state index contributed by atoms with van der Waals surface area (Å²) in [6.07, 6.45) is 10.7. The number of carbonyl (C=O) groups excluding carboxylic acids is 1. The third-order valence-corrected chi connectivity index (χ3v) is 4.56. The van der Waals surface area contributed by atoms with E-state index in [-0.39, 0.29) is 11.6 Å². The van der Waals surface area contributed by atoms with E-state index < -0.39 is 10.4 Å². The van der Waals surface area contributed by atoms with Crippen LogP contribution in [0.25, 0.3) is 0 Å². The van der Waals surface area contributed by atoms with Crippen molar-refractivity contribution in [3.63, 3.8) is 0 Å². The van der Waals surface area contributed by atoms with E-state index in [9.17, 15) is 4.79 Å². The summed E-state index contributed by atoms with van der Waals surface area (Å²) in [6, 6.07) is 0.923. The molecule has 0 unspecified atom stereocenters. The van der Waals surface area contributed by atoms with Crippen LogP contribution < -0.4 is 0 Å². The summed E-state index contributed by atoms with van der Waals surface area (Å²) in [5, 5.41) is 0. The van der Waals surface area contributed by atoms with Gasteiger partial charge in [-0.05, 0) is 19.4 Å². The predicted molar refractivity (Wildman–Crippen MR) is 73.0 cm³/mol. The minimum atomic E-state index is -4.67. The second-order valence-corrected chi connectivity index (χ2v) is 6.63. The standard InChI is InChI=1S/C13H15NO2.H2O4S/c15-12-7-9-4-5-10-8-13(9,16-12)11-3-1-2-6-14(10)11;1-5(2,3)4/h4-5,7,10-11H,1-3,6,8H2;(H2,1,2,3,4)/t10-,11+,13+;/m1./s1. The number of ether oxygens (including phenoxy) is 1. The van der Waals surface area contributed by atoms with Crippen LogP contribution in [-0.4, -0.2) is 52.6 Å². The van der Waals surface area contributed by atoms with Gasteiger partial charge in [-0.2, -0.15) is 8.42 Å². The first-order chi connectivity index (χ1) is 9.79. The molecule has 2 N–H and O–H groups in total. The van der Waals surface area contributed by atoms with Gasteiger partial charge in [0.1, 0.15) is 0 Å². The third-order valence-electron chi connectivity index (χ3n) is 4.56. The van der Waals surface area contributed by atoms with Gasteiger partial charge in [0, 0.05) is 24.1 Å². The summed E-state index contributed by atoms with van der Waals surface area (Å²) in [6.45, 7) is 1.16. The molecule has 2 fully saturated rings. The smallest absolute Gasteiger partial charge is 0.394 e. The van der Waals surface area contributed by atoms with Crippen LogP contribution in [0.2, 0.25) is 0 Å². The molecule has 0 saturated carbocycles. The Hall–Kier alpha value is -1.22. The van der Waals surface area contributed by atoms with Gasteiger partial charge in [0.05, 0.1) is 6.04 Å². The molecule has 0 aromatic rings. The molecule has 8 heteroatoms. The van der Waals surface area contributed by atoms with Gasteiger partial charge in [0.25, 0.3) is 0 Å². The van der Waals surface area contributed by atoms with Gasteiger partial charge in [0.2, 0.25) is 0 Å². The van der Waals surface area contributed by atoms with Crippen LogP contribution >= 0.6 is 0 Å². The molecule has 2 saturated heterocycles. The zero-order chi connectivity index (χ0) is 15.3. The van der Waals surface area contributed by atoms with Gasteiger partial charge in [0.15, 0.2) is 5.60 Å². The Morgan fingerprint density at radius 2 is 2.05 bits per heavy atom. The number of rotatable bonds is 0. The van der Waals surface area contributed by atoms with Crippen molar-refractivity contribution in [3.8, 4) is 0 Å². The van der Waals surface area contributed by atoms with Crippen LogP contribution in [0.15, 0.2) is 23.8 Å². The molecule has 0 aromatic heterocycles. The van der Waals surface area contributed by atoms with Crippen molar-refractivity contribution in [3.05, 3.63) is 23.8 Å². The maximum absolute atomic E-state index is 11.5. The molecule has 0 radical (unpaired) electrons. The first kappa shape index (κ1) is 14.7. The second-order valence-electron chi connectivity index (χ2n) is 5.74. The van der Waals surface area contributed by atoms with Crippen LogP contribution in [0.5, 0.6) is 0 Å². The fourth-order valence-corrected chi connectivity index (χ4v) is 3.94. The van der Waals surface area contributed by atoms with Crippen molar-refractivity contribution in [1.29, 1.82) is 0 Å². The number of esters is 1. The molecule has 4 rings (SSSR count). The van der Waals surface area contributed by atoms with E-state index in [0.29, 0.717) is 12.1 Å². The van der Waals surface area contributed by atoms with Crippen LogP contribution in [-0.2, 0) is 19.9 Å². The summed E-state index contributed by atoms with van der Waals surface area (Å²) in [5.41, 5.74) is 0.833.